The van der Waals surface area contributed by atoms with E-state index in [1.165, 1.54) is 12.5 Å². The largest absolute Gasteiger partial charge is 0.493 e. The van der Waals surface area contributed by atoms with E-state index >= 15 is 0 Å². The molecule has 1 heterocycles. The van der Waals surface area contributed by atoms with E-state index in [0.29, 0.717) is 18.0 Å². The average molecular weight is 467 g/mol. The number of rotatable bonds is 8. The number of aryl methyl sites for hydroxylation is 1. The molecule has 4 nitrogen and oxygen atoms in total. The first-order valence-electron chi connectivity index (χ1n) is 12.0. The van der Waals surface area contributed by atoms with Gasteiger partial charge in [-0.15, -0.1) is 0 Å². The zero-order valence-electron chi connectivity index (χ0n) is 21.3. The van der Waals surface area contributed by atoms with Crippen LogP contribution in [0.3, 0.4) is 0 Å². The third-order valence-electron chi connectivity index (χ3n) is 5.80. The molecule has 0 aliphatic heterocycles. The molecule has 0 amide bonds. The molecule has 0 aliphatic rings. The van der Waals surface area contributed by atoms with Crippen LogP contribution >= 0.6 is 0 Å². The van der Waals surface area contributed by atoms with Gasteiger partial charge in [-0.05, 0) is 49.8 Å². The van der Waals surface area contributed by atoms with Gasteiger partial charge in [0.15, 0.2) is 0 Å². The highest BCUT2D eigenvalue weighted by Crippen LogP contribution is 2.44. The highest BCUT2D eigenvalue weighted by Gasteiger charge is 2.25. The zero-order chi connectivity index (χ0) is 25.0. The summed E-state index contributed by atoms with van der Waals surface area (Å²) in [5.41, 5.74) is 4.80. The van der Waals surface area contributed by atoms with Crippen molar-refractivity contribution >= 4 is 22.5 Å². The number of fused-ring (bicyclic) bond motifs is 1. The van der Waals surface area contributed by atoms with Crippen LogP contribution in [0, 0.1) is 0 Å². The minimum absolute atomic E-state index is 0.105. The second-order valence-electron chi connectivity index (χ2n) is 9.47. The summed E-state index contributed by atoms with van der Waals surface area (Å²) in [7, 11) is 0. The number of carbonyl (C=O) groups is 1. The van der Waals surface area contributed by atoms with Crippen LogP contribution in [-0.2, 0) is 21.4 Å². The van der Waals surface area contributed by atoms with E-state index in [2.05, 4.69) is 46.8 Å². The average Bonchev–Trinajstić information content (AvgIpc) is 3.25. The van der Waals surface area contributed by atoms with Crippen molar-refractivity contribution in [3.8, 4) is 16.9 Å². The molecule has 0 bridgehead atoms. The number of ether oxygens (including phenoxy) is 2. The van der Waals surface area contributed by atoms with E-state index in [-0.39, 0.29) is 17.6 Å². The van der Waals surface area contributed by atoms with Gasteiger partial charge in [-0.1, -0.05) is 58.9 Å². The molecule has 0 unspecified atom stereocenters. The maximum Gasteiger partial charge on any atom is 0.367 e. The van der Waals surface area contributed by atoms with Gasteiger partial charge in [0.2, 0.25) is 5.83 Å². The van der Waals surface area contributed by atoms with Crippen LogP contribution in [0.15, 0.2) is 46.6 Å². The SMILES string of the molecule is CCCOc1c(-c2cccc3cc(C(C)=C(F)C(=O)OCC)oc23)cc(CC)cc1C(C)(C)C. The first-order chi connectivity index (χ1) is 16.1. The first-order valence-corrected chi connectivity index (χ1v) is 12.0. The van der Waals surface area contributed by atoms with Gasteiger partial charge < -0.3 is 13.9 Å². The Hall–Kier alpha value is -3.08. The molecule has 182 valence electrons. The lowest BCUT2D eigenvalue weighted by atomic mass is 9.82. The fourth-order valence-corrected chi connectivity index (χ4v) is 3.93. The number of para-hydroxylation sites is 1. The van der Waals surface area contributed by atoms with Crippen molar-refractivity contribution in [2.24, 2.45) is 0 Å². The summed E-state index contributed by atoms with van der Waals surface area (Å²) in [6, 6.07) is 12.0. The minimum atomic E-state index is -0.985. The van der Waals surface area contributed by atoms with E-state index in [4.69, 9.17) is 13.9 Å². The van der Waals surface area contributed by atoms with Gasteiger partial charge in [-0.3, -0.25) is 0 Å². The van der Waals surface area contributed by atoms with Crippen molar-refractivity contribution in [1.29, 1.82) is 0 Å². The maximum absolute atomic E-state index is 14.6. The van der Waals surface area contributed by atoms with E-state index in [1.54, 1.807) is 13.0 Å². The molecule has 1 aromatic heterocycles. The topological polar surface area (TPSA) is 48.7 Å². The summed E-state index contributed by atoms with van der Waals surface area (Å²) in [5, 5.41) is 0.823. The minimum Gasteiger partial charge on any atom is -0.493 e. The fourth-order valence-electron chi connectivity index (χ4n) is 3.93. The number of benzene rings is 2. The first kappa shape index (κ1) is 25.5. The molecule has 3 aromatic rings. The molecule has 34 heavy (non-hydrogen) atoms. The van der Waals surface area contributed by atoms with Crippen LogP contribution in [0.4, 0.5) is 4.39 Å². The van der Waals surface area contributed by atoms with Crippen LogP contribution in [0.5, 0.6) is 5.75 Å². The molecule has 0 atom stereocenters. The fraction of sp³-hybridized carbons (Fsp3) is 0.414. The lowest BCUT2D eigenvalue weighted by Crippen LogP contribution is -2.15. The summed E-state index contributed by atoms with van der Waals surface area (Å²) < 4.78 is 31.9. The van der Waals surface area contributed by atoms with E-state index < -0.39 is 11.8 Å². The molecular weight excluding hydrogens is 431 g/mol. The Kier molecular flexibility index (Phi) is 7.86. The highest BCUT2D eigenvalue weighted by molar-refractivity contribution is 5.99. The number of allylic oxidation sites excluding steroid dienone is 1. The third kappa shape index (κ3) is 5.19. The Balaban J connectivity index is 2.27. The van der Waals surface area contributed by atoms with Crippen LogP contribution in [0.25, 0.3) is 27.7 Å². The number of esters is 1. The Morgan fingerprint density at radius 2 is 1.79 bits per heavy atom. The van der Waals surface area contributed by atoms with Crippen molar-refractivity contribution in [2.45, 2.75) is 66.7 Å². The Bertz CT molecular complexity index is 1210. The van der Waals surface area contributed by atoms with Crippen LogP contribution in [0.2, 0.25) is 0 Å². The molecule has 0 spiro atoms. The Morgan fingerprint density at radius 1 is 1.06 bits per heavy atom. The van der Waals surface area contributed by atoms with E-state index in [1.807, 2.05) is 18.2 Å². The summed E-state index contributed by atoms with van der Waals surface area (Å²) in [6.45, 7) is 14.6. The van der Waals surface area contributed by atoms with Crippen molar-refractivity contribution in [2.75, 3.05) is 13.2 Å². The van der Waals surface area contributed by atoms with Crippen molar-refractivity contribution in [3.63, 3.8) is 0 Å². The van der Waals surface area contributed by atoms with Crippen LogP contribution in [0.1, 0.15) is 71.8 Å². The molecule has 3 rings (SSSR count). The van der Waals surface area contributed by atoms with Gasteiger partial charge in [0.1, 0.15) is 17.1 Å². The molecule has 0 aliphatic carbocycles. The quantitative estimate of drug-likeness (QED) is 0.249. The maximum atomic E-state index is 14.6. The molecule has 5 heteroatoms. The van der Waals surface area contributed by atoms with Gasteiger partial charge >= 0.3 is 5.97 Å². The van der Waals surface area contributed by atoms with Gasteiger partial charge in [0.25, 0.3) is 0 Å². The smallest absolute Gasteiger partial charge is 0.367 e. The second-order valence-corrected chi connectivity index (χ2v) is 9.47. The van der Waals surface area contributed by atoms with Crippen LogP contribution in [-0.4, -0.2) is 19.2 Å². The standard InChI is InChI=1S/C29H35FO4/c1-8-14-33-27-22(15-19(9-2)16-23(27)29(5,6)7)21-13-11-12-20-17-24(34-26(20)21)18(4)25(30)28(31)32-10-3/h11-13,15-17H,8-10,14H2,1-7H3. The van der Waals surface area contributed by atoms with Crippen molar-refractivity contribution in [3.05, 3.63) is 59.1 Å². The normalized spacial score (nSPS) is 12.6. The predicted octanol–water partition coefficient (Wildman–Crippen LogP) is 8.01. The number of hydrogen-bond donors (Lipinski definition) is 0. The number of furan rings is 1. The monoisotopic (exact) mass is 466 g/mol. The molecule has 0 radical (unpaired) electrons. The van der Waals surface area contributed by atoms with Crippen LogP contribution < -0.4 is 4.74 Å². The zero-order valence-corrected chi connectivity index (χ0v) is 21.3. The molecule has 0 saturated heterocycles. The highest BCUT2D eigenvalue weighted by atomic mass is 19.1. The third-order valence-corrected chi connectivity index (χ3v) is 5.80. The van der Waals surface area contributed by atoms with Crippen molar-refractivity contribution < 1.29 is 23.1 Å². The van der Waals surface area contributed by atoms with Gasteiger partial charge in [0.05, 0.1) is 13.2 Å². The molecule has 0 saturated carbocycles. The predicted molar refractivity (Wildman–Crippen MR) is 136 cm³/mol. The number of halogens is 1. The van der Waals surface area contributed by atoms with Gasteiger partial charge in [0, 0.05) is 27.6 Å². The molecule has 2 aromatic carbocycles. The summed E-state index contributed by atoms with van der Waals surface area (Å²) in [6.07, 6.45) is 1.78. The second kappa shape index (κ2) is 10.5. The molecular formula is C29H35FO4. The number of hydrogen-bond acceptors (Lipinski definition) is 4. The van der Waals surface area contributed by atoms with E-state index in [9.17, 15) is 9.18 Å². The summed E-state index contributed by atoms with van der Waals surface area (Å²) >= 11 is 0. The van der Waals surface area contributed by atoms with Gasteiger partial charge in [-0.25, -0.2) is 4.79 Å². The van der Waals surface area contributed by atoms with Crippen molar-refractivity contribution in [1.82, 2.24) is 0 Å². The number of carbonyl (C=O) groups excluding carboxylic acids is 1. The van der Waals surface area contributed by atoms with Gasteiger partial charge in [-0.2, -0.15) is 4.39 Å². The summed E-state index contributed by atoms with van der Waals surface area (Å²) in [5.74, 6) is -0.785. The van der Waals surface area contributed by atoms with E-state index in [0.717, 1.165) is 40.7 Å². The lowest BCUT2D eigenvalue weighted by Gasteiger charge is -2.26. The molecule has 0 fully saturated rings. The summed E-state index contributed by atoms with van der Waals surface area (Å²) in [4.78, 5) is 11.9. The Labute approximate surface area is 201 Å². The lowest BCUT2D eigenvalue weighted by molar-refractivity contribution is -0.140. The molecule has 0 N–H and O–H groups in total. The Morgan fingerprint density at radius 3 is 2.41 bits per heavy atom.